The van der Waals surface area contributed by atoms with E-state index in [0.717, 1.165) is 37.2 Å². The van der Waals surface area contributed by atoms with Gasteiger partial charge in [-0.3, -0.25) is 9.59 Å². The van der Waals surface area contributed by atoms with Gasteiger partial charge < -0.3 is 19.7 Å². The van der Waals surface area contributed by atoms with Gasteiger partial charge >= 0.3 is 0 Å². The lowest BCUT2D eigenvalue weighted by Crippen LogP contribution is -2.38. The van der Waals surface area contributed by atoms with E-state index in [4.69, 9.17) is 9.47 Å². The van der Waals surface area contributed by atoms with Crippen molar-refractivity contribution in [3.63, 3.8) is 0 Å². The maximum Gasteiger partial charge on any atom is 0.260 e. The second-order valence-electron chi connectivity index (χ2n) is 7.15. The van der Waals surface area contributed by atoms with Gasteiger partial charge in [0.25, 0.3) is 11.8 Å². The third-order valence-corrected chi connectivity index (χ3v) is 4.84. The summed E-state index contributed by atoms with van der Waals surface area (Å²) in [5.74, 6) is 0.668. The predicted molar refractivity (Wildman–Crippen MR) is 113 cm³/mol. The molecule has 2 aromatic carbocycles. The third kappa shape index (κ3) is 5.73. The minimum atomic E-state index is -0.229. The number of aryl methyl sites for hydroxylation is 1. The maximum absolute atomic E-state index is 12.6. The first-order chi connectivity index (χ1) is 14.1. The van der Waals surface area contributed by atoms with E-state index in [-0.39, 0.29) is 18.4 Å². The molecule has 1 heterocycles. The van der Waals surface area contributed by atoms with Crippen molar-refractivity contribution in [1.29, 1.82) is 0 Å². The zero-order valence-electron chi connectivity index (χ0n) is 17.1. The van der Waals surface area contributed by atoms with Gasteiger partial charge in [-0.2, -0.15) is 0 Å². The Hall–Kier alpha value is -3.02. The largest absolute Gasteiger partial charge is 0.490 e. The molecule has 1 N–H and O–H groups in total. The minimum Gasteiger partial charge on any atom is -0.490 e. The van der Waals surface area contributed by atoms with Crippen LogP contribution in [0.5, 0.6) is 11.5 Å². The van der Waals surface area contributed by atoms with Crippen molar-refractivity contribution < 1.29 is 19.1 Å². The quantitative estimate of drug-likeness (QED) is 0.767. The minimum absolute atomic E-state index is 0.0200. The highest BCUT2D eigenvalue weighted by atomic mass is 16.5. The highest BCUT2D eigenvalue weighted by Crippen LogP contribution is 2.29. The van der Waals surface area contributed by atoms with E-state index in [2.05, 4.69) is 5.32 Å². The van der Waals surface area contributed by atoms with Gasteiger partial charge in [0.2, 0.25) is 0 Å². The summed E-state index contributed by atoms with van der Waals surface area (Å²) in [6.45, 7) is 5.81. The fraction of sp³-hybridized carbons (Fsp3) is 0.391. The van der Waals surface area contributed by atoms with E-state index < -0.39 is 0 Å². The van der Waals surface area contributed by atoms with Crippen molar-refractivity contribution in [1.82, 2.24) is 4.90 Å². The number of nitrogens with one attached hydrogen (secondary N) is 1. The lowest BCUT2D eigenvalue weighted by molar-refractivity contribution is -0.134. The number of hydrogen-bond acceptors (Lipinski definition) is 4. The Balaban J connectivity index is 1.67. The molecule has 0 bridgehead atoms. The molecule has 0 radical (unpaired) electrons. The van der Waals surface area contributed by atoms with Crippen molar-refractivity contribution in [3.05, 3.63) is 53.6 Å². The van der Waals surface area contributed by atoms with Crippen molar-refractivity contribution in [3.8, 4) is 11.5 Å². The molecule has 1 aliphatic heterocycles. The van der Waals surface area contributed by atoms with Crippen molar-refractivity contribution in [2.24, 2.45) is 0 Å². The summed E-state index contributed by atoms with van der Waals surface area (Å²) in [4.78, 5) is 26.8. The molecule has 0 aliphatic carbocycles. The van der Waals surface area contributed by atoms with Crippen LogP contribution in [0.3, 0.4) is 0 Å². The van der Waals surface area contributed by atoms with E-state index >= 15 is 0 Å². The fourth-order valence-electron chi connectivity index (χ4n) is 3.34. The average molecular weight is 396 g/mol. The van der Waals surface area contributed by atoms with E-state index in [1.165, 1.54) is 6.42 Å². The summed E-state index contributed by atoms with van der Waals surface area (Å²) in [5.41, 5.74) is 2.27. The number of carbonyl (C=O) groups is 2. The molecule has 1 saturated heterocycles. The van der Waals surface area contributed by atoms with Crippen LogP contribution < -0.4 is 14.8 Å². The molecule has 29 heavy (non-hydrogen) atoms. The van der Waals surface area contributed by atoms with Gasteiger partial charge in [-0.1, -0.05) is 12.1 Å². The zero-order chi connectivity index (χ0) is 20.6. The van der Waals surface area contributed by atoms with Crippen LogP contribution in [0.4, 0.5) is 5.69 Å². The summed E-state index contributed by atoms with van der Waals surface area (Å²) in [6.07, 6.45) is 3.26. The average Bonchev–Trinajstić information content (AvgIpc) is 2.73. The summed E-state index contributed by atoms with van der Waals surface area (Å²) in [7, 11) is 0. The van der Waals surface area contributed by atoms with Crippen LogP contribution in [0.15, 0.2) is 42.5 Å². The molecule has 6 nitrogen and oxygen atoms in total. The summed E-state index contributed by atoms with van der Waals surface area (Å²) < 4.78 is 11.4. The Bertz CT molecular complexity index is 860. The topological polar surface area (TPSA) is 67.9 Å². The molecule has 0 aromatic heterocycles. The van der Waals surface area contributed by atoms with Crippen LogP contribution in [0, 0.1) is 6.92 Å². The molecule has 0 atom stereocenters. The second kappa shape index (κ2) is 9.96. The Morgan fingerprint density at radius 1 is 1.00 bits per heavy atom. The number of piperidine rings is 1. The van der Waals surface area contributed by atoms with Gasteiger partial charge in [0.15, 0.2) is 18.1 Å². The standard InChI is InChI=1S/C23H28N2O4/c1-3-28-21-15-18(23(27)24-19-9-7-8-17(2)14-19)10-11-20(21)29-16-22(26)25-12-5-4-6-13-25/h7-11,14-15H,3-6,12-13,16H2,1-2H3,(H,24,27). The third-order valence-electron chi connectivity index (χ3n) is 4.84. The zero-order valence-corrected chi connectivity index (χ0v) is 17.1. The van der Waals surface area contributed by atoms with Crippen molar-refractivity contribution >= 4 is 17.5 Å². The van der Waals surface area contributed by atoms with Gasteiger partial charge in [0.05, 0.1) is 6.61 Å². The summed E-state index contributed by atoms with van der Waals surface area (Å²) in [5, 5.41) is 2.88. The highest BCUT2D eigenvalue weighted by Gasteiger charge is 2.18. The highest BCUT2D eigenvalue weighted by molar-refractivity contribution is 6.04. The molecule has 154 valence electrons. The maximum atomic E-state index is 12.6. The van der Waals surface area contributed by atoms with Crippen LogP contribution in [-0.4, -0.2) is 43.0 Å². The molecular weight excluding hydrogens is 368 g/mol. The number of nitrogens with zero attached hydrogens (tertiary/aromatic N) is 1. The molecule has 1 fully saturated rings. The number of benzene rings is 2. The predicted octanol–water partition coefficient (Wildman–Crippen LogP) is 4.04. The Kier molecular flexibility index (Phi) is 7.11. The van der Waals surface area contributed by atoms with E-state index in [1.807, 2.05) is 43.0 Å². The SMILES string of the molecule is CCOc1cc(C(=O)Nc2cccc(C)c2)ccc1OCC(=O)N1CCCCC1. The molecule has 0 saturated carbocycles. The van der Waals surface area contributed by atoms with Crippen LogP contribution in [0.1, 0.15) is 42.1 Å². The number of anilines is 1. The smallest absolute Gasteiger partial charge is 0.260 e. The Morgan fingerprint density at radius 2 is 1.79 bits per heavy atom. The lowest BCUT2D eigenvalue weighted by Gasteiger charge is -2.26. The van der Waals surface area contributed by atoms with Crippen LogP contribution in [0.25, 0.3) is 0 Å². The number of carbonyl (C=O) groups excluding carboxylic acids is 2. The van der Waals surface area contributed by atoms with E-state index in [1.54, 1.807) is 18.2 Å². The monoisotopic (exact) mass is 396 g/mol. The first kappa shape index (κ1) is 20.7. The van der Waals surface area contributed by atoms with Gasteiger partial charge in [0, 0.05) is 24.3 Å². The van der Waals surface area contributed by atoms with Crippen LogP contribution in [-0.2, 0) is 4.79 Å². The summed E-state index contributed by atoms with van der Waals surface area (Å²) >= 11 is 0. The number of hydrogen-bond donors (Lipinski definition) is 1. The van der Waals surface area contributed by atoms with Crippen LogP contribution in [0.2, 0.25) is 0 Å². The molecule has 6 heteroatoms. The first-order valence-corrected chi connectivity index (χ1v) is 10.1. The van der Waals surface area contributed by atoms with Crippen molar-refractivity contribution in [2.45, 2.75) is 33.1 Å². The van der Waals surface area contributed by atoms with Gasteiger partial charge in [0.1, 0.15) is 0 Å². The number of rotatable bonds is 7. The molecule has 0 unspecified atom stereocenters. The van der Waals surface area contributed by atoms with Gasteiger partial charge in [-0.25, -0.2) is 0 Å². The molecule has 1 aliphatic rings. The molecule has 2 amide bonds. The second-order valence-corrected chi connectivity index (χ2v) is 7.15. The molecule has 3 rings (SSSR count). The van der Waals surface area contributed by atoms with E-state index in [0.29, 0.717) is 23.7 Å². The normalized spacial score (nSPS) is 13.7. The van der Waals surface area contributed by atoms with Crippen molar-refractivity contribution in [2.75, 3.05) is 31.6 Å². The van der Waals surface area contributed by atoms with E-state index in [9.17, 15) is 9.59 Å². The first-order valence-electron chi connectivity index (χ1n) is 10.1. The number of ether oxygens (including phenoxy) is 2. The fourth-order valence-corrected chi connectivity index (χ4v) is 3.34. The van der Waals surface area contributed by atoms with Gasteiger partial charge in [-0.05, 0) is 69.0 Å². The molecular formula is C23H28N2O4. The Morgan fingerprint density at radius 3 is 2.52 bits per heavy atom. The number of amides is 2. The Labute approximate surface area is 171 Å². The molecule has 2 aromatic rings. The van der Waals surface area contributed by atoms with Gasteiger partial charge in [-0.15, -0.1) is 0 Å². The molecule has 0 spiro atoms. The number of likely N-dealkylation sites (tertiary alicyclic amines) is 1. The van der Waals surface area contributed by atoms with Crippen LogP contribution >= 0.6 is 0 Å². The lowest BCUT2D eigenvalue weighted by atomic mass is 10.1. The summed E-state index contributed by atoms with van der Waals surface area (Å²) in [6, 6.07) is 12.6.